The summed E-state index contributed by atoms with van der Waals surface area (Å²) < 4.78 is 73.2. The molecule has 0 atom stereocenters. The van der Waals surface area contributed by atoms with Crippen LogP contribution in [0.15, 0.2) is 58.8 Å². The summed E-state index contributed by atoms with van der Waals surface area (Å²) in [4.78, 5) is 18.1. The molecule has 4 rings (SSSR count). The summed E-state index contributed by atoms with van der Waals surface area (Å²) in [5, 5.41) is 7.12. The smallest absolute Gasteiger partial charge is 0.475 e. The predicted octanol–water partition coefficient (Wildman–Crippen LogP) is 5.13. The van der Waals surface area contributed by atoms with Crippen molar-refractivity contribution in [1.82, 2.24) is 9.88 Å². The maximum absolute atomic E-state index is 13.3. The first-order valence-electron chi connectivity index (χ1n) is 11.8. The van der Waals surface area contributed by atoms with E-state index in [0.717, 1.165) is 43.0 Å². The van der Waals surface area contributed by atoms with Crippen LogP contribution >= 0.6 is 11.3 Å². The zero-order valence-electron chi connectivity index (χ0n) is 21.2. The Kier molecular flexibility index (Phi) is 9.91. The maximum atomic E-state index is 13.3. The number of piperidine rings is 1. The zero-order chi connectivity index (χ0) is 28.8. The van der Waals surface area contributed by atoms with Crippen molar-refractivity contribution in [2.75, 3.05) is 29.8 Å². The van der Waals surface area contributed by atoms with Crippen LogP contribution < -0.4 is 9.62 Å². The van der Waals surface area contributed by atoms with Crippen LogP contribution in [0.25, 0.3) is 0 Å². The van der Waals surface area contributed by atoms with Gasteiger partial charge in [-0.05, 0) is 43.5 Å². The highest BCUT2D eigenvalue weighted by Crippen LogP contribution is 2.35. The van der Waals surface area contributed by atoms with E-state index in [9.17, 15) is 26.0 Å². The fraction of sp³-hybridized carbons (Fsp3) is 0.360. The number of alkyl halides is 3. The first-order valence-corrected chi connectivity index (χ1v) is 14.1. The summed E-state index contributed by atoms with van der Waals surface area (Å²) in [7, 11) is -1.80. The van der Waals surface area contributed by atoms with E-state index in [1.165, 1.54) is 35.1 Å². The van der Waals surface area contributed by atoms with E-state index in [-0.39, 0.29) is 10.0 Å². The van der Waals surface area contributed by atoms with Gasteiger partial charge in [0.05, 0.1) is 5.69 Å². The molecule has 8 nitrogen and oxygen atoms in total. The highest BCUT2D eigenvalue weighted by Gasteiger charge is 2.38. The molecular formula is C25H28F4N4O4S2. The number of carboxylic acids is 1. The number of carbonyl (C=O) groups is 1. The number of aryl methyl sites for hydroxylation is 1. The van der Waals surface area contributed by atoms with Crippen LogP contribution in [0.5, 0.6) is 0 Å². The van der Waals surface area contributed by atoms with Crippen LogP contribution in [-0.4, -0.2) is 61.7 Å². The summed E-state index contributed by atoms with van der Waals surface area (Å²) in [6.07, 6.45) is -3.04. The number of rotatable bonds is 7. The second kappa shape index (κ2) is 12.7. The number of anilines is 2. The largest absolute Gasteiger partial charge is 0.490 e. The molecule has 3 heterocycles. The van der Waals surface area contributed by atoms with Crippen LogP contribution in [0, 0.1) is 12.9 Å². The van der Waals surface area contributed by atoms with Crippen molar-refractivity contribution in [3.8, 4) is 0 Å². The fourth-order valence-corrected chi connectivity index (χ4v) is 6.56. The third-order valence-electron chi connectivity index (χ3n) is 6.06. The first-order chi connectivity index (χ1) is 18.3. The Bertz CT molecular complexity index is 1360. The lowest BCUT2D eigenvalue weighted by Crippen LogP contribution is -2.43. The number of aromatic nitrogens is 1. The van der Waals surface area contributed by atoms with Crippen molar-refractivity contribution in [3.63, 3.8) is 0 Å². The molecule has 0 radical (unpaired) electrons. The molecule has 0 aliphatic carbocycles. The molecule has 0 amide bonds. The lowest BCUT2D eigenvalue weighted by Gasteiger charge is -2.37. The Balaban J connectivity index is 0.000000532. The van der Waals surface area contributed by atoms with Gasteiger partial charge >= 0.3 is 12.1 Å². The summed E-state index contributed by atoms with van der Waals surface area (Å²) in [6.45, 7) is 4.90. The average molecular weight is 589 g/mol. The highest BCUT2D eigenvalue weighted by atomic mass is 32.2. The molecule has 3 aromatic rings. The molecule has 1 aromatic carbocycles. The van der Waals surface area contributed by atoms with Crippen LogP contribution in [0.1, 0.15) is 23.3 Å². The van der Waals surface area contributed by atoms with Gasteiger partial charge in [-0.2, -0.15) is 17.6 Å². The predicted molar refractivity (Wildman–Crippen MR) is 141 cm³/mol. The van der Waals surface area contributed by atoms with Crippen LogP contribution in [-0.2, 0) is 21.4 Å². The number of hydrogen-bond donors (Lipinski definition) is 2. The number of thiophene rings is 1. The number of halogens is 4. The van der Waals surface area contributed by atoms with Crippen molar-refractivity contribution in [1.29, 1.82) is 0 Å². The van der Waals surface area contributed by atoms with Gasteiger partial charge in [0.15, 0.2) is 0 Å². The molecule has 14 heteroatoms. The third-order valence-corrected chi connectivity index (χ3v) is 8.93. The molecule has 0 bridgehead atoms. The molecule has 0 unspecified atom stereocenters. The van der Waals surface area contributed by atoms with Gasteiger partial charge < -0.3 is 10.0 Å². The van der Waals surface area contributed by atoms with Gasteiger partial charge in [-0.25, -0.2) is 18.2 Å². The minimum absolute atomic E-state index is 0.0308. The van der Waals surface area contributed by atoms with Gasteiger partial charge in [-0.1, -0.05) is 36.4 Å². The van der Waals surface area contributed by atoms with Gasteiger partial charge in [0, 0.05) is 37.6 Å². The maximum Gasteiger partial charge on any atom is 0.490 e. The lowest BCUT2D eigenvalue weighted by molar-refractivity contribution is -0.192. The van der Waals surface area contributed by atoms with E-state index in [4.69, 9.17) is 9.90 Å². The van der Waals surface area contributed by atoms with Crippen LogP contribution in [0.4, 0.5) is 29.1 Å². The Hall–Kier alpha value is -3.23. The minimum atomic E-state index is -5.08. The first kappa shape index (κ1) is 30.3. The number of nitrogens with zero attached hydrogens (tertiary/aromatic N) is 3. The number of likely N-dealkylation sites (tertiary alicyclic amines) is 1. The Morgan fingerprint density at radius 2 is 1.77 bits per heavy atom. The van der Waals surface area contributed by atoms with Gasteiger partial charge in [-0.3, -0.25) is 9.62 Å². The normalized spacial score (nSPS) is 14.8. The SMILES string of the molecule is Cc1sc(S(=O)(=O)Nc2cccc(F)n2)cc1N(C)C1CCN(Cc2ccccc2)CC1.O=C(O)C(F)(F)F. The summed E-state index contributed by atoms with van der Waals surface area (Å²) in [6, 6.07) is 16.6. The molecule has 1 aliphatic heterocycles. The number of carboxylic acid groups (broad SMARTS) is 1. The van der Waals surface area contributed by atoms with Crippen LogP contribution in [0.3, 0.4) is 0 Å². The zero-order valence-corrected chi connectivity index (χ0v) is 22.8. The molecule has 2 N–H and O–H groups in total. The molecule has 39 heavy (non-hydrogen) atoms. The Labute approximate surface area is 228 Å². The van der Waals surface area contributed by atoms with E-state index in [1.54, 1.807) is 6.07 Å². The van der Waals surface area contributed by atoms with Gasteiger partial charge in [-0.15, -0.1) is 11.3 Å². The molecule has 212 valence electrons. The molecule has 1 fully saturated rings. The molecule has 0 saturated carbocycles. The third kappa shape index (κ3) is 8.63. The lowest BCUT2D eigenvalue weighted by atomic mass is 10.0. The summed E-state index contributed by atoms with van der Waals surface area (Å²) in [5.41, 5.74) is 2.24. The minimum Gasteiger partial charge on any atom is -0.475 e. The second-order valence-corrected chi connectivity index (χ2v) is 12.0. The summed E-state index contributed by atoms with van der Waals surface area (Å²) in [5.74, 6) is -3.52. The number of sulfonamides is 1. The van der Waals surface area contributed by atoms with E-state index < -0.39 is 28.1 Å². The van der Waals surface area contributed by atoms with Gasteiger partial charge in [0.1, 0.15) is 10.0 Å². The van der Waals surface area contributed by atoms with Crippen LogP contribution in [0.2, 0.25) is 0 Å². The average Bonchev–Trinajstić information content (AvgIpc) is 3.27. The quantitative estimate of drug-likeness (QED) is 0.292. The topological polar surface area (TPSA) is 103 Å². The Morgan fingerprint density at radius 3 is 2.33 bits per heavy atom. The van der Waals surface area contributed by atoms with E-state index in [1.807, 2.05) is 20.0 Å². The molecular weight excluding hydrogens is 560 g/mol. The van der Waals surface area contributed by atoms with E-state index in [0.29, 0.717) is 6.04 Å². The number of pyridine rings is 1. The van der Waals surface area contributed by atoms with Gasteiger partial charge in [0.25, 0.3) is 10.0 Å². The molecule has 1 saturated heterocycles. The van der Waals surface area contributed by atoms with Crippen molar-refractivity contribution < 1.29 is 35.9 Å². The number of nitrogens with one attached hydrogen (secondary N) is 1. The van der Waals surface area contributed by atoms with Crippen molar-refractivity contribution >= 4 is 38.8 Å². The van der Waals surface area contributed by atoms with Crippen molar-refractivity contribution in [2.45, 2.75) is 42.7 Å². The van der Waals surface area contributed by atoms with Crippen molar-refractivity contribution in [2.24, 2.45) is 0 Å². The molecule has 1 aliphatic rings. The molecule has 0 spiro atoms. The number of hydrogen-bond acceptors (Lipinski definition) is 7. The van der Waals surface area contributed by atoms with Crippen molar-refractivity contribution in [3.05, 3.63) is 71.0 Å². The monoisotopic (exact) mass is 588 g/mol. The van der Waals surface area contributed by atoms with E-state index in [2.05, 4.69) is 43.8 Å². The number of benzene rings is 1. The standard InChI is InChI=1S/C23H27FN4O2S2.C2HF3O2/c1-17-20(15-23(31-17)32(29,30)26-22-10-6-9-21(24)25-22)27(2)19-11-13-28(14-12-19)16-18-7-4-3-5-8-18;3-2(4,5)1(6)7/h3-10,15,19H,11-14,16H2,1-2H3,(H,25,26);(H,6,7). The Morgan fingerprint density at radius 1 is 1.15 bits per heavy atom. The van der Waals surface area contributed by atoms with E-state index >= 15 is 0 Å². The van der Waals surface area contributed by atoms with Gasteiger partial charge in [0.2, 0.25) is 5.95 Å². The molecule has 2 aromatic heterocycles. The second-order valence-electron chi connectivity index (χ2n) is 8.86. The summed E-state index contributed by atoms with van der Waals surface area (Å²) >= 11 is 1.22. The fourth-order valence-electron chi connectivity index (χ4n) is 4.08. The highest BCUT2D eigenvalue weighted by molar-refractivity contribution is 7.94. The number of aliphatic carboxylic acids is 1.